The van der Waals surface area contributed by atoms with Gasteiger partial charge in [-0.05, 0) is 37.6 Å². The van der Waals surface area contributed by atoms with Crippen LogP contribution in [0.1, 0.15) is 19.4 Å². The average Bonchev–Trinajstić information content (AvgIpc) is 2.39. The summed E-state index contributed by atoms with van der Waals surface area (Å²) in [5, 5.41) is 0. The fourth-order valence-electron chi connectivity index (χ4n) is 1.82. The van der Waals surface area contributed by atoms with E-state index in [-0.39, 0.29) is 11.9 Å². The number of benzene rings is 1. The third-order valence-electron chi connectivity index (χ3n) is 2.66. The summed E-state index contributed by atoms with van der Waals surface area (Å²) in [6.07, 6.45) is 3.29. The van der Waals surface area contributed by atoms with Gasteiger partial charge in [0.15, 0.2) is 0 Å². The smallest absolute Gasteiger partial charge is 0.138 e. The van der Waals surface area contributed by atoms with Crippen molar-refractivity contribution in [1.29, 1.82) is 0 Å². The second-order valence-electron chi connectivity index (χ2n) is 4.59. The highest BCUT2D eigenvalue weighted by Gasteiger charge is 2.08. The molecule has 0 aliphatic carbocycles. The predicted octanol–water partition coefficient (Wildman–Crippen LogP) is 3.13. The first kappa shape index (κ1) is 13.5. The molecule has 0 amide bonds. The molecular weight excluding hydrogens is 243 g/mol. The summed E-state index contributed by atoms with van der Waals surface area (Å²) >= 11 is 0. The second kappa shape index (κ2) is 5.80. The molecule has 0 saturated heterocycles. The number of nitrogens with two attached hydrogens (primary N) is 1. The number of rotatable bonds is 4. The van der Waals surface area contributed by atoms with Gasteiger partial charge in [-0.15, -0.1) is 0 Å². The van der Waals surface area contributed by atoms with E-state index in [0.29, 0.717) is 23.4 Å². The Bertz CT molecular complexity index is 570. The summed E-state index contributed by atoms with van der Waals surface area (Å²) in [5.74, 6) is 0.339. The molecule has 0 atom stereocenters. The SMILES string of the molecule is CC(C)Oc1cncc(-c2cc(CN)ccc2F)c1. The van der Waals surface area contributed by atoms with Crippen LogP contribution in [0, 0.1) is 5.82 Å². The highest BCUT2D eigenvalue weighted by Crippen LogP contribution is 2.26. The van der Waals surface area contributed by atoms with Gasteiger partial charge in [-0.3, -0.25) is 4.98 Å². The van der Waals surface area contributed by atoms with Gasteiger partial charge in [-0.25, -0.2) is 4.39 Å². The van der Waals surface area contributed by atoms with E-state index >= 15 is 0 Å². The first-order chi connectivity index (χ1) is 9.10. The Labute approximate surface area is 112 Å². The second-order valence-corrected chi connectivity index (χ2v) is 4.59. The van der Waals surface area contributed by atoms with Crippen molar-refractivity contribution in [3.63, 3.8) is 0 Å². The topological polar surface area (TPSA) is 48.1 Å². The van der Waals surface area contributed by atoms with Crippen LogP contribution in [0.2, 0.25) is 0 Å². The molecule has 2 aromatic rings. The quantitative estimate of drug-likeness (QED) is 0.918. The van der Waals surface area contributed by atoms with Gasteiger partial charge in [0.1, 0.15) is 11.6 Å². The molecule has 4 heteroatoms. The van der Waals surface area contributed by atoms with Crippen LogP contribution in [0.4, 0.5) is 4.39 Å². The average molecular weight is 260 g/mol. The van der Waals surface area contributed by atoms with E-state index in [9.17, 15) is 4.39 Å². The Morgan fingerprint density at radius 1 is 1.26 bits per heavy atom. The number of hydrogen-bond donors (Lipinski definition) is 1. The molecular formula is C15H17FN2O. The molecule has 0 aliphatic rings. The molecule has 0 radical (unpaired) electrons. The minimum absolute atomic E-state index is 0.0530. The van der Waals surface area contributed by atoms with Gasteiger partial charge < -0.3 is 10.5 Å². The lowest BCUT2D eigenvalue weighted by Crippen LogP contribution is -2.05. The van der Waals surface area contributed by atoms with Crippen molar-refractivity contribution in [2.24, 2.45) is 5.73 Å². The molecule has 0 unspecified atom stereocenters. The van der Waals surface area contributed by atoms with Crippen molar-refractivity contribution in [3.05, 3.63) is 48.0 Å². The van der Waals surface area contributed by atoms with Crippen molar-refractivity contribution in [1.82, 2.24) is 4.98 Å². The van der Waals surface area contributed by atoms with Crippen molar-refractivity contribution in [3.8, 4) is 16.9 Å². The molecule has 3 nitrogen and oxygen atoms in total. The van der Waals surface area contributed by atoms with Gasteiger partial charge in [-0.2, -0.15) is 0 Å². The number of nitrogens with zero attached hydrogens (tertiary/aromatic N) is 1. The normalized spacial score (nSPS) is 10.8. The highest BCUT2D eigenvalue weighted by atomic mass is 19.1. The van der Waals surface area contributed by atoms with Gasteiger partial charge in [-0.1, -0.05) is 6.07 Å². The van der Waals surface area contributed by atoms with E-state index in [1.165, 1.54) is 6.07 Å². The number of halogens is 1. The maximum absolute atomic E-state index is 13.9. The van der Waals surface area contributed by atoms with E-state index in [1.54, 1.807) is 30.6 Å². The fourth-order valence-corrected chi connectivity index (χ4v) is 1.82. The van der Waals surface area contributed by atoms with Gasteiger partial charge in [0.25, 0.3) is 0 Å². The summed E-state index contributed by atoms with van der Waals surface area (Å²) in [5.41, 5.74) is 7.64. The number of hydrogen-bond acceptors (Lipinski definition) is 3. The molecule has 0 spiro atoms. The molecule has 0 fully saturated rings. The number of aromatic nitrogens is 1. The van der Waals surface area contributed by atoms with Gasteiger partial charge >= 0.3 is 0 Å². The zero-order valence-electron chi connectivity index (χ0n) is 11.1. The molecule has 1 aromatic heterocycles. The van der Waals surface area contributed by atoms with Gasteiger partial charge in [0, 0.05) is 23.9 Å². The Hall–Kier alpha value is -1.94. The monoisotopic (exact) mass is 260 g/mol. The van der Waals surface area contributed by atoms with E-state index in [2.05, 4.69) is 4.98 Å². The summed E-state index contributed by atoms with van der Waals surface area (Å²) < 4.78 is 19.4. The standard InChI is InChI=1S/C15H17FN2O/c1-10(2)19-13-6-12(8-18-9-13)14-5-11(7-17)3-4-15(14)16/h3-6,8-10H,7,17H2,1-2H3. The molecule has 2 N–H and O–H groups in total. The lowest BCUT2D eigenvalue weighted by atomic mass is 10.0. The van der Waals surface area contributed by atoms with Crippen molar-refractivity contribution >= 4 is 0 Å². The Kier molecular flexibility index (Phi) is 4.12. The van der Waals surface area contributed by atoms with Crippen LogP contribution in [-0.2, 0) is 6.54 Å². The first-order valence-corrected chi connectivity index (χ1v) is 6.20. The van der Waals surface area contributed by atoms with Crippen LogP contribution in [0.3, 0.4) is 0 Å². The van der Waals surface area contributed by atoms with Crippen LogP contribution in [0.5, 0.6) is 5.75 Å². The molecule has 0 bridgehead atoms. The fraction of sp³-hybridized carbons (Fsp3) is 0.267. The molecule has 19 heavy (non-hydrogen) atoms. The van der Waals surface area contributed by atoms with Gasteiger partial charge in [0.2, 0.25) is 0 Å². The van der Waals surface area contributed by atoms with E-state index in [0.717, 1.165) is 5.56 Å². The third kappa shape index (κ3) is 3.29. The van der Waals surface area contributed by atoms with Crippen LogP contribution < -0.4 is 10.5 Å². The minimum atomic E-state index is -0.291. The van der Waals surface area contributed by atoms with E-state index < -0.39 is 0 Å². The zero-order chi connectivity index (χ0) is 13.8. The van der Waals surface area contributed by atoms with Crippen LogP contribution in [0.25, 0.3) is 11.1 Å². The number of pyridine rings is 1. The predicted molar refractivity (Wildman–Crippen MR) is 73.3 cm³/mol. The largest absolute Gasteiger partial charge is 0.489 e. The minimum Gasteiger partial charge on any atom is -0.489 e. The van der Waals surface area contributed by atoms with Crippen LogP contribution in [-0.4, -0.2) is 11.1 Å². The zero-order valence-corrected chi connectivity index (χ0v) is 11.1. The van der Waals surface area contributed by atoms with Crippen molar-refractivity contribution < 1.29 is 9.13 Å². The number of ether oxygens (including phenoxy) is 1. The van der Waals surface area contributed by atoms with Crippen LogP contribution >= 0.6 is 0 Å². The Morgan fingerprint density at radius 3 is 2.74 bits per heavy atom. The lowest BCUT2D eigenvalue weighted by Gasteiger charge is -2.11. The van der Waals surface area contributed by atoms with Crippen LogP contribution in [0.15, 0.2) is 36.7 Å². The maximum Gasteiger partial charge on any atom is 0.138 e. The molecule has 1 aromatic carbocycles. The maximum atomic E-state index is 13.9. The van der Waals surface area contributed by atoms with Crippen molar-refractivity contribution in [2.75, 3.05) is 0 Å². The molecule has 2 rings (SSSR count). The molecule has 100 valence electrons. The summed E-state index contributed by atoms with van der Waals surface area (Å²) in [6, 6.07) is 6.63. The van der Waals surface area contributed by atoms with E-state index in [4.69, 9.17) is 10.5 Å². The Balaban J connectivity index is 2.41. The van der Waals surface area contributed by atoms with Gasteiger partial charge in [0.05, 0.1) is 12.3 Å². The molecule has 0 aliphatic heterocycles. The molecule has 0 saturated carbocycles. The van der Waals surface area contributed by atoms with E-state index in [1.807, 2.05) is 13.8 Å². The summed E-state index contributed by atoms with van der Waals surface area (Å²) in [7, 11) is 0. The highest BCUT2D eigenvalue weighted by molar-refractivity contribution is 5.65. The lowest BCUT2D eigenvalue weighted by molar-refractivity contribution is 0.241. The third-order valence-corrected chi connectivity index (χ3v) is 2.66. The summed E-state index contributed by atoms with van der Waals surface area (Å²) in [4.78, 5) is 4.09. The van der Waals surface area contributed by atoms with Crippen molar-refractivity contribution in [2.45, 2.75) is 26.5 Å². The summed E-state index contributed by atoms with van der Waals surface area (Å²) in [6.45, 7) is 4.24. The Morgan fingerprint density at radius 2 is 2.05 bits per heavy atom. The first-order valence-electron chi connectivity index (χ1n) is 6.20. The molecule has 1 heterocycles.